The highest BCUT2D eigenvalue weighted by Gasteiger charge is 2.37. The van der Waals surface area contributed by atoms with Crippen LogP contribution >= 0.6 is 0 Å². The second kappa shape index (κ2) is 4.19. The van der Waals surface area contributed by atoms with Crippen molar-refractivity contribution in [3.8, 4) is 0 Å². The van der Waals surface area contributed by atoms with Crippen molar-refractivity contribution < 1.29 is 18.0 Å². The van der Waals surface area contributed by atoms with Gasteiger partial charge in [-0.25, -0.2) is 9.50 Å². The Morgan fingerprint density at radius 2 is 2.15 bits per heavy atom. The van der Waals surface area contributed by atoms with Crippen LogP contribution in [0.5, 0.6) is 0 Å². The Hall–Kier alpha value is -2.12. The van der Waals surface area contributed by atoms with E-state index in [0.29, 0.717) is 10.2 Å². The first kappa shape index (κ1) is 12.9. The van der Waals surface area contributed by atoms with E-state index in [1.807, 2.05) is 0 Å². The van der Waals surface area contributed by atoms with Crippen molar-refractivity contribution in [1.29, 1.82) is 0 Å². The second-order valence-electron chi connectivity index (χ2n) is 4.71. The van der Waals surface area contributed by atoms with Gasteiger partial charge in [0.15, 0.2) is 5.65 Å². The fourth-order valence-electron chi connectivity index (χ4n) is 2.07. The van der Waals surface area contributed by atoms with Gasteiger partial charge in [-0.15, -0.1) is 0 Å². The van der Waals surface area contributed by atoms with Gasteiger partial charge in [0.05, 0.1) is 6.20 Å². The number of alkyl halides is 3. The van der Waals surface area contributed by atoms with Crippen LogP contribution in [0, 0.1) is 0 Å². The van der Waals surface area contributed by atoms with E-state index in [4.69, 9.17) is 0 Å². The van der Waals surface area contributed by atoms with E-state index in [-0.39, 0.29) is 17.1 Å². The molecule has 0 unspecified atom stereocenters. The Morgan fingerprint density at radius 1 is 1.45 bits per heavy atom. The van der Waals surface area contributed by atoms with E-state index in [1.165, 1.54) is 7.05 Å². The average Bonchev–Trinajstić information content (AvgIpc) is 3.15. The average molecular weight is 284 g/mol. The SMILES string of the molecule is CNC(=O)c1cnn2c(C(F)(F)F)cc(C3CC3)nc12. The molecule has 0 spiro atoms. The fourth-order valence-corrected chi connectivity index (χ4v) is 2.07. The predicted octanol–water partition coefficient (Wildman–Crippen LogP) is 1.99. The highest BCUT2D eigenvalue weighted by Crippen LogP contribution is 2.41. The van der Waals surface area contributed by atoms with Gasteiger partial charge in [0.25, 0.3) is 5.91 Å². The molecular formula is C12H11F3N4O. The molecule has 0 bridgehead atoms. The third-order valence-corrected chi connectivity index (χ3v) is 3.25. The standard InChI is InChI=1S/C12H11F3N4O/c1-16-11(20)7-5-17-19-9(12(13,14)15)4-8(6-2-3-6)18-10(7)19/h4-6H,2-3H2,1H3,(H,16,20). The monoisotopic (exact) mass is 284 g/mol. The molecule has 2 heterocycles. The Balaban J connectivity index is 2.27. The number of aromatic nitrogens is 3. The van der Waals surface area contributed by atoms with E-state index in [9.17, 15) is 18.0 Å². The first-order valence-corrected chi connectivity index (χ1v) is 6.09. The summed E-state index contributed by atoms with van der Waals surface area (Å²) in [6.45, 7) is 0. The lowest BCUT2D eigenvalue weighted by Crippen LogP contribution is -2.19. The van der Waals surface area contributed by atoms with E-state index < -0.39 is 17.8 Å². The Kier molecular flexibility index (Phi) is 2.70. The summed E-state index contributed by atoms with van der Waals surface area (Å²) >= 11 is 0. The minimum atomic E-state index is -4.54. The molecule has 0 radical (unpaired) electrons. The summed E-state index contributed by atoms with van der Waals surface area (Å²) in [5, 5.41) is 6.02. The van der Waals surface area contributed by atoms with E-state index in [0.717, 1.165) is 25.1 Å². The molecule has 8 heteroatoms. The molecule has 1 aliphatic rings. The van der Waals surface area contributed by atoms with Gasteiger partial charge in [-0.3, -0.25) is 4.79 Å². The lowest BCUT2D eigenvalue weighted by Gasteiger charge is -2.11. The molecule has 1 amide bonds. The van der Waals surface area contributed by atoms with Crippen LogP contribution in [-0.4, -0.2) is 27.6 Å². The van der Waals surface area contributed by atoms with Crippen molar-refractivity contribution in [2.45, 2.75) is 24.9 Å². The molecule has 0 aromatic carbocycles. The number of hydrogen-bond acceptors (Lipinski definition) is 3. The van der Waals surface area contributed by atoms with Crippen LogP contribution in [-0.2, 0) is 6.18 Å². The summed E-state index contributed by atoms with van der Waals surface area (Å²) < 4.78 is 39.9. The molecule has 1 N–H and O–H groups in total. The zero-order chi connectivity index (χ0) is 14.5. The lowest BCUT2D eigenvalue weighted by atomic mass is 10.2. The van der Waals surface area contributed by atoms with Gasteiger partial charge in [0.2, 0.25) is 0 Å². The number of rotatable bonds is 2. The highest BCUT2D eigenvalue weighted by atomic mass is 19.4. The molecule has 106 valence electrons. The first-order valence-electron chi connectivity index (χ1n) is 6.09. The molecule has 0 atom stereocenters. The quantitative estimate of drug-likeness (QED) is 0.917. The van der Waals surface area contributed by atoms with E-state index >= 15 is 0 Å². The van der Waals surface area contributed by atoms with Crippen molar-refractivity contribution in [3.63, 3.8) is 0 Å². The molecule has 5 nitrogen and oxygen atoms in total. The molecule has 1 aliphatic carbocycles. The first-order chi connectivity index (χ1) is 9.41. The van der Waals surface area contributed by atoms with Crippen LogP contribution in [0.2, 0.25) is 0 Å². The van der Waals surface area contributed by atoms with Crippen LogP contribution in [0.3, 0.4) is 0 Å². The fraction of sp³-hybridized carbons (Fsp3) is 0.417. The Labute approximate surface area is 111 Å². The number of carbonyl (C=O) groups excluding carboxylic acids is 1. The van der Waals surface area contributed by atoms with Crippen LogP contribution in [0.25, 0.3) is 5.65 Å². The maximum absolute atomic E-state index is 13.1. The summed E-state index contributed by atoms with van der Waals surface area (Å²) in [6, 6.07) is 1.02. The van der Waals surface area contributed by atoms with Crippen molar-refractivity contribution in [2.75, 3.05) is 7.05 Å². The lowest BCUT2D eigenvalue weighted by molar-refractivity contribution is -0.142. The van der Waals surface area contributed by atoms with Gasteiger partial charge >= 0.3 is 6.18 Å². The maximum atomic E-state index is 13.1. The van der Waals surface area contributed by atoms with E-state index in [1.54, 1.807) is 0 Å². The molecule has 1 fully saturated rings. The highest BCUT2D eigenvalue weighted by molar-refractivity contribution is 5.99. The van der Waals surface area contributed by atoms with Crippen molar-refractivity contribution in [3.05, 3.63) is 29.2 Å². The number of halogens is 3. The third-order valence-electron chi connectivity index (χ3n) is 3.25. The summed E-state index contributed by atoms with van der Waals surface area (Å²) in [6.07, 6.45) is -1.79. The number of nitrogens with one attached hydrogen (secondary N) is 1. The third kappa shape index (κ3) is 2.00. The molecular weight excluding hydrogens is 273 g/mol. The Bertz CT molecular complexity index is 688. The summed E-state index contributed by atoms with van der Waals surface area (Å²) in [4.78, 5) is 15.8. The van der Waals surface area contributed by atoms with Gasteiger partial charge in [0.1, 0.15) is 11.3 Å². The number of hydrogen-bond donors (Lipinski definition) is 1. The molecule has 2 aromatic rings. The second-order valence-corrected chi connectivity index (χ2v) is 4.71. The van der Waals surface area contributed by atoms with Gasteiger partial charge in [-0.05, 0) is 18.9 Å². The van der Waals surface area contributed by atoms with Crippen LogP contribution in [0.1, 0.15) is 40.5 Å². The number of carbonyl (C=O) groups is 1. The summed E-state index contributed by atoms with van der Waals surface area (Å²) in [7, 11) is 1.40. The normalized spacial score (nSPS) is 15.6. The number of fused-ring (bicyclic) bond motifs is 1. The zero-order valence-corrected chi connectivity index (χ0v) is 10.5. The predicted molar refractivity (Wildman–Crippen MR) is 63.4 cm³/mol. The molecule has 3 rings (SSSR count). The Morgan fingerprint density at radius 3 is 2.70 bits per heavy atom. The number of nitrogens with zero attached hydrogens (tertiary/aromatic N) is 3. The van der Waals surface area contributed by atoms with Crippen LogP contribution < -0.4 is 5.32 Å². The van der Waals surface area contributed by atoms with Gasteiger partial charge < -0.3 is 5.32 Å². The maximum Gasteiger partial charge on any atom is 0.433 e. The number of amides is 1. The van der Waals surface area contributed by atoms with Gasteiger partial charge in [-0.1, -0.05) is 0 Å². The summed E-state index contributed by atoms with van der Waals surface area (Å²) in [5.41, 5.74) is -0.545. The minimum Gasteiger partial charge on any atom is -0.355 e. The molecule has 0 saturated heterocycles. The van der Waals surface area contributed by atoms with Gasteiger partial charge in [0, 0.05) is 18.7 Å². The van der Waals surface area contributed by atoms with Crippen molar-refractivity contribution >= 4 is 11.6 Å². The molecule has 0 aliphatic heterocycles. The largest absolute Gasteiger partial charge is 0.433 e. The van der Waals surface area contributed by atoms with Crippen LogP contribution in [0.4, 0.5) is 13.2 Å². The van der Waals surface area contributed by atoms with Crippen molar-refractivity contribution in [1.82, 2.24) is 19.9 Å². The minimum absolute atomic E-state index is 0.0421. The van der Waals surface area contributed by atoms with Crippen LogP contribution in [0.15, 0.2) is 12.3 Å². The zero-order valence-electron chi connectivity index (χ0n) is 10.5. The van der Waals surface area contributed by atoms with Crippen molar-refractivity contribution in [2.24, 2.45) is 0 Å². The smallest absolute Gasteiger partial charge is 0.355 e. The van der Waals surface area contributed by atoms with Gasteiger partial charge in [-0.2, -0.15) is 18.3 Å². The topological polar surface area (TPSA) is 59.3 Å². The molecule has 20 heavy (non-hydrogen) atoms. The molecule has 1 saturated carbocycles. The van der Waals surface area contributed by atoms with E-state index in [2.05, 4.69) is 15.4 Å². The molecule has 2 aromatic heterocycles. The summed E-state index contributed by atoms with van der Waals surface area (Å²) in [5.74, 6) is -0.456.